The molecule has 4 heterocycles. The highest BCUT2D eigenvalue weighted by Crippen LogP contribution is 2.39. The monoisotopic (exact) mass is 433 g/mol. The minimum absolute atomic E-state index is 0.695. The number of aromatic nitrogens is 6. The van der Waals surface area contributed by atoms with E-state index in [1.807, 2.05) is 8.80 Å². The summed E-state index contributed by atoms with van der Waals surface area (Å²) in [7, 11) is -1.81. The van der Waals surface area contributed by atoms with Gasteiger partial charge >= 0.3 is 0 Å². The maximum atomic E-state index is 4.28. The van der Waals surface area contributed by atoms with Gasteiger partial charge in [0, 0.05) is 17.1 Å². The third kappa shape index (κ3) is 2.14. The van der Waals surface area contributed by atoms with E-state index in [0.717, 1.165) is 16.7 Å². The molecule has 0 N–H and O–H groups in total. The van der Waals surface area contributed by atoms with Crippen LogP contribution < -0.4 is 15.3 Å². The molecule has 0 fully saturated rings. The van der Waals surface area contributed by atoms with Crippen LogP contribution in [0.3, 0.4) is 0 Å². The van der Waals surface area contributed by atoms with E-state index in [-0.39, 0.29) is 0 Å². The highest BCUT2D eigenvalue weighted by molar-refractivity contribution is 7.02. The molecule has 0 radical (unpaired) electrons. The summed E-state index contributed by atoms with van der Waals surface area (Å²) < 4.78 is 3.96. The van der Waals surface area contributed by atoms with Crippen molar-refractivity contribution in [2.75, 3.05) is 4.90 Å². The highest BCUT2D eigenvalue weighted by Gasteiger charge is 2.38. The van der Waals surface area contributed by atoms with Crippen LogP contribution in [-0.4, -0.2) is 37.3 Å². The van der Waals surface area contributed by atoms with Gasteiger partial charge in [0.15, 0.2) is 0 Å². The lowest BCUT2D eigenvalue weighted by Gasteiger charge is -2.41. The lowest BCUT2D eigenvalue weighted by molar-refractivity contribution is 1.10. The minimum atomic E-state index is -1.81. The van der Waals surface area contributed by atoms with Crippen molar-refractivity contribution in [2.24, 2.45) is 0 Å². The van der Waals surface area contributed by atoms with Crippen molar-refractivity contribution in [2.45, 2.75) is 13.1 Å². The second-order valence-corrected chi connectivity index (χ2v) is 13.0. The molecule has 6 aromatic rings. The van der Waals surface area contributed by atoms with Gasteiger partial charge in [-0.15, -0.1) is 20.4 Å². The Morgan fingerprint density at radius 1 is 0.656 bits per heavy atom. The maximum Gasteiger partial charge on any atom is 0.206 e. The van der Waals surface area contributed by atoms with Gasteiger partial charge in [0.05, 0.1) is 11.0 Å². The molecule has 0 amide bonds. The first-order valence-electron chi connectivity index (χ1n) is 10.6. The molecule has 0 spiro atoms. The normalized spacial score (nSPS) is 14.8. The molecule has 0 aliphatic carbocycles. The number of anilines is 3. The van der Waals surface area contributed by atoms with Crippen LogP contribution in [0.15, 0.2) is 79.4 Å². The molecule has 3 aromatic carbocycles. The van der Waals surface area contributed by atoms with Gasteiger partial charge in [-0.2, -0.15) is 0 Å². The van der Waals surface area contributed by atoms with Crippen molar-refractivity contribution in [3.05, 3.63) is 79.4 Å². The minimum Gasteiger partial charge on any atom is -0.311 e. The number of fused-ring (bicyclic) bond motifs is 8. The summed E-state index contributed by atoms with van der Waals surface area (Å²) in [5.74, 6) is 0. The molecule has 154 valence electrons. The highest BCUT2D eigenvalue weighted by atomic mass is 28.3. The average Bonchev–Trinajstić information content (AvgIpc) is 3.49. The summed E-state index contributed by atoms with van der Waals surface area (Å²) in [6.07, 6.45) is 3.47. The van der Waals surface area contributed by atoms with Crippen molar-refractivity contribution in [1.82, 2.24) is 29.2 Å². The van der Waals surface area contributed by atoms with Crippen LogP contribution in [0.5, 0.6) is 0 Å². The van der Waals surface area contributed by atoms with Gasteiger partial charge < -0.3 is 4.90 Å². The summed E-state index contributed by atoms with van der Waals surface area (Å²) in [5, 5.41) is 19.7. The van der Waals surface area contributed by atoms with Crippen molar-refractivity contribution in [1.29, 1.82) is 0 Å². The predicted octanol–water partition coefficient (Wildman–Crippen LogP) is 3.53. The molecule has 32 heavy (non-hydrogen) atoms. The van der Waals surface area contributed by atoms with E-state index in [1.165, 1.54) is 21.7 Å². The van der Waals surface area contributed by atoms with Crippen LogP contribution in [0.2, 0.25) is 13.1 Å². The molecule has 1 aliphatic rings. The number of benzene rings is 3. The van der Waals surface area contributed by atoms with E-state index in [0.29, 0.717) is 11.3 Å². The van der Waals surface area contributed by atoms with Gasteiger partial charge in [-0.3, -0.25) is 8.80 Å². The molecule has 0 saturated heterocycles. The predicted molar refractivity (Wildman–Crippen MR) is 128 cm³/mol. The summed E-state index contributed by atoms with van der Waals surface area (Å²) in [6.45, 7) is 4.87. The van der Waals surface area contributed by atoms with Crippen LogP contribution in [0.4, 0.5) is 17.1 Å². The Labute approximate surface area is 184 Å². The van der Waals surface area contributed by atoms with E-state index in [1.54, 1.807) is 12.7 Å². The third-order valence-corrected chi connectivity index (χ3v) is 10.2. The molecule has 7 rings (SSSR count). The maximum absolute atomic E-state index is 4.28. The number of para-hydroxylation sites is 2. The van der Waals surface area contributed by atoms with Gasteiger partial charge in [-0.1, -0.05) is 49.5 Å². The number of rotatable bonds is 1. The fourth-order valence-corrected chi connectivity index (χ4v) is 8.11. The fourth-order valence-electron chi connectivity index (χ4n) is 5.12. The summed E-state index contributed by atoms with van der Waals surface area (Å²) in [6, 6.07) is 24.1. The van der Waals surface area contributed by atoms with Crippen molar-refractivity contribution in [3.63, 3.8) is 0 Å². The van der Waals surface area contributed by atoms with Crippen LogP contribution in [0, 0.1) is 0 Å². The molecule has 0 atom stereocenters. The van der Waals surface area contributed by atoms with E-state index in [2.05, 4.69) is 105 Å². The topological polar surface area (TPSA) is 63.6 Å². The number of hydrogen-bond donors (Lipinski definition) is 0. The Balaban J connectivity index is 1.56. The van der Waals surface area contributed by atoms with Crippen LogP contribution in [0.1, 0.15) is 0 Å². The second kappa shape index (κ2) is 6.01. The van der Waals surface area contributed by atoms with Crippen molar-refractivity contribution < 1.29 is 0 Å². The summed E-state index contributed by atoms with van der Waals surface area (Å²) in [4.78, 5) is 2.38. The number of nitrogens with zero attached hydrogens (tertiary/aromatic N) is 7. The van der Waals surface area contributed by atoms with Crippen molar-refractivity contribution >= 4 is 57.8 Å². The first kappa shape index (κ1) is 17.6. The first-order valence-corrected chi connectivity index (χ1v) is 13.6. The summed E-state index contributed by atoms with van der Waals surface area (Å²) >= 11 is 0. The molecule has 0 unspecified atom stereocenters. The molecular weight excluding hydrogens is 414 g/mol. The summed E-state index contributed by atoms with van der Waals surface area (Å²) in [5.41, 5.74) is 7.02. The Morgan fingerprint density at radius 3 is 1.84 bits per heavy atom. The lowest BCUT2D eigenvalue weighted by Crippen LogP contribution is -2.58. The molecule has 0 bridgehead atoms. The zero-order valence-corrected chi connectivity index (χ0v) is 18.6. The van der Waals surface area contributed by atoms with E-state index < -0.39 is 8.07 Å². The zero-order valence-electron chi connectivity index (χ0n) is 17.6. The molecule has 0 saturated carbocycles. The van der Waals surface area contributed by atoms with Gasteiger partial charge in [-0.25, -0.2) is 0 Å². The first-order chi connectivity index (χ1) is 15.6. The molecular formula is C24H19N7Si. The number of hydrogen-bond acceptors (Lipinski definition) is 5. The van der Waals surface area contributed by atoms with Crippen molar-refractivity contribution in [3.8, 4) is 0 Å². The smallest absolute Gasteiger partial charge is 0.206 e. The van der Waals surface area contributed by atoms with Gasteiger partial charge in [0.1, 0.15) is 20.7 Å². The Bertz CT molecular complexity index is 1630. The molecule has 7 nitrogen and oxygen atoms in total. The SMILES string of the molecule is C[Si]1(C)c2ccccc2N(c2ccc3c(c2)n2cnnc2c2nncn32)c2ccccc21. The fraction of sp³-hybridized carbons (Fsp3) is 0.0833. The molecule has 1 aliphatic heterocycles. The molecule has 8 heteroatoms. The quantitative estimate of drug-likeness (QED) is 0.371. The van der Waals surface area contributed by atoms with Crippen LogP contribution in [-0.2, 0) is 0 Å². The van der Waals surface area contributed by atoms with E-state index in [4.69, 9.17) is 0 Å². The van der Waals surface area contributed by atoms with Gasteiger partial charge in [-0.05, 0) is 40.7 Å². The van der Waals surface area contributed by atoms with Crippen LogP contribution >= 0.6 is 0 Å². The van der Waals surface area contributed by atoms with Gasteiger partial charge in [0.25, 0.3) is 0 Å². The Hall–Kier alpha value is -4.04. The third-order valence-electron chi connectivity index (χ3n) is 6.67. The standard InChI is InChI=1S/C24H19N7Si/c1-32(2)21-9-5-3-7-18(21)31(19-8-4-6-10-22(19)32)16-11-12-17-20(13-16)30-15-26-28-24(30)23-27-25-14-29(17)23/h3-15H,1-2H3. The largest absolute Gasteiger partial charge is 0.311 e. The Morgan fingerprint density at radius 2 is 1.22 bits per heavy atom. The van der Waals surface area contributed by atoms with E-state index in [9.17, 15) is 0 Å². The average molecular weight is 434 g/mol. The zero-order chi connectivity index (χ0) is 21.4. The van der Waals surface area contributed by atoms with Crippen LogP contribution in [0.25, 0.3) is 22.3 Å². The van der Waals surface area contributed by atoms with Gasteiger partial charge in [0.2, 0.25) is 11.3 Å². The Kier molecular flexibility index (Phi) is 3.31. The van der Waals surface area contributed by atoms with E-state index >= 15 is 0 Å². The molecule has 3 aromatic heterocycles. The second-order valence-electron chi connectivity index (χ2n) is 8.72. The lowest BCUT2D eigenvalue weighted by atomic mass is 10.1.